The van der Waals surface area contributed by atoms with E-state index >= 15 is 0 Å². The number of benzene rings is 1. The van der Waals surface area contributed by atoms with Crippen molar-refractivity contribution in [3.8, 4) is 0 Å². The maximum absolute atomic E-state index is 13.5. The van der Waals surface area contributed by atoms with Crippen LogP contribution in [0.15, 0.2) is 36.0 Å². The molecule has 1 aliphatic rings. The predicted octanol–water partition coefficient (Wildman–Crippen LogP) is 2.28. The molecule has 1 aliphatic heterocycles. The number of carbonyl (C=O) groups is 2. The molecule has 0 saturated heterocycles. The zero-order chi connectivity index (χ0) is 16.7. The van der Waals surface area contributed by atoms with E-state index in [0.29, 0.717) is 11.3 Å². The minimum Gasteiger partial charge on any atom is -0.350 e. The average Bonchev–Trinajstić information content (AvgIpc) is 3.13. The Kier molecular flexibility index (Phi) is 3.53. The quantitative estimate of drug-likeness (QED) is 0.765. The number of nitrogens with one attached hydrogen (secondary N) is 2. The Morgan fingerprint density at radius 2 is 2.38 bits per heavy atom. The first-order valence-corrected chi connectivity index (χ1v) is 8.26. The smallest absolute Gasteiger partial charge is 0.228 e. The van der Waals surface area contributed by atoms with Gasteiger partial charge in [0.05, 0.1) is 18.2 Å². The van der Waals surface area contributed by atoms with Gasteiger partial charge in [-0.3, -0.25) is 14.0 Å². The fourth-order valence-corrected chi connectivity index (χ4v) is 3.55. The molecule has 3 aromatic rings. The third kappa shape index (κ3) is 2.65. The molecule has 2 amide bonds. The summed E-state index contributed by atoms with van der Waals surface area (Å²) in [4.78, 5) is 29.5. The van der Waals surface area contributed by atoms with E-state index in [2.05, 4.69) is 15.6 Å². The summed E-state index contributed by atoms with van der Waals surface area (Å²) in [6, 6.07) is 4.04. The van der Waals surface area contributed by atoms with Crippen molar-refractivity contribution in [2.24, 2.45) is 0 Å². The molecule has 1 atom stereocenters. The van der Waals surface area contributed by atoms with Gasteiger partial charge in [0.2, 0.25) is 11.8 Å². The molecule has 2 aromatic heterocycles. The first kappa shape index (κ1) is 14.8. The third-order valence-electron chi connectivity index (χ3n) is 3.96. The van der Waals surface area contributed by atoms with Gasteiger partial charge in [-0.15, -0.1) is 11.3 Å². The Balaban J connectivity index is 1.52. The van der Waals surface area contributed by atoms with E-state index < -0.39 is 11.7 Å². The van der Waals surface area contributed by atoms with E-state index in [1.54, 1.807) is 0 Å². The molecule has 3 heterocycles. The van der Waals surface area contributed by atoms with Crippen LogP contribution < -0.4 is 10.6 Å². The second-order valence-corrected chi connectivity index (χ2v) is 6.45. The van der Waals surface area contributed by atoms with Crippen LogP contribution in [-0.2, 0) is 16.1 Å². The highest BCUT2D eigenvalue weighted by atomic mass is 32.1. The van der Waals surface area contributed by atoms with Gasteiger partial charge in [-0.2, -0.15) is 0 Å². The topological polar surface area (TPSA) is 75.5 Å². The van der Waals surface area contributed by atoms with E-state index in [-0.39, 0.29) is 24.8 Å². The molecule has 1 aromatic carbocycles. The van der Waals surface area contributed by atoms with Crippen molar-refractivity contribution in [1.29, 1.82) is 0 Å². The highest BCUT2D eigenvalue weighted by molar-refractivity contribution is 7.15. The van der Waals surface area contributed by atoms with Crippen molar-refractivity contribution in [3.05, 3.63) is 53.0 Å². The van der Waals surface area contributed by atoms with Gasteiger partial charge < -0.3 is 10.6 Å². The van der Waals surface area contributed by atoms with Crippen LogP contribution in [0.25, 0.3) is 4.96 Å². The zero-order valence-electron chi connectivity index (χ0n) is 12.5. The highest BCUT2D eigenvalue weighted by Crippen LogP contribution is 2.32. The largest absolute Gasteiger partial charge is 0.350 e. The fraction of sp³-hybridized carbons (Fsp3) is 0.188. The van der Waals surface area contributed by atoms with Gasteiger partial charge in [0.1, 0.15) is 5.82 Å². The monoisotopic (exact) mass is 344 g/mol. The van der Waals surface area contributed by atoms with Gasteiger partial charge in [0.15, 0.2) is 4.96 Å². The number of aromatic nitrogens is 2. The third-order valence-corrected chi connectivity index (χ3v) is 4.73. The molecule has 0 saturated carbocycles. The second kappa shape index (κ2) is 5.72. The van der Waals surface area contributed by atoms with Crippen molar-refractivity contribution in [2.75, 3.05) is 5.32 Å². The van der Waals surface area contributed by atoms with Crippen LogP contribution in [0.5, 0.6) is 0 Å². The predicted molar refractivity (Wildman–Crippen MR) is 87.3 cm³/mol. The summed E-state index contributed by atoms with van der Waals surface area (Å²) in [6.07, 6.45) is 3.73. The summed E-state index contributed by atoms with van der Waals surface area (Å²) in [7, 11) is 0. The van der Waals surface area contributed by atoms with E-state index in [1.807, 2.05) is 22.2 Å². The van der Waals surface area contributed by atoms with Crippen molar-refractivity contribution in [2.45, 2.75) is 18.9 Å². The van der Waals surface area contributed by atoms with Crippen LogP contribution in [-0.4, -0.2) is 21.2 Å². The number of hydrogen-bond donors (Lipinski definition) is 2. The first-order chi connectivity index (χ1) is 11.6. The normalized spacial score (nSPS) is 16.7. The summed E-state index contributed by atoms with van der Waals surface area (Å²) < 4.78 is 15.4. The summed E-state index contributed by atoms with van der Waals surface area (Å²) in [5.41, 5.74) is 1.71. The number of imidazole rings is 1. The van der Waals surface area contributed by atoms with E-state index in [4.69, 9.17) is 0 Å². The second-order valence-electron chi connectivity index (χ2n) is 5.58. The number of halogens is 1. The summed E-state index contributed by atoms with van der Waals surface area (Å²) >= 11 is 1.51. The number of fused-ring (bicyclic) bond motifs is 2. The van der Waals surface area contributed by atoms with Crippen LogP contribution in [0.4, 0.5) is 10.1 Å². The number of rotatable bonds is 3. The number of hydrogen-bond acceptors (Lipinski definition) is 4. The van der Waals surface area contributed by atoms with Crippen molar-refractivity contribution in [3.63, 3.8) is 0 Å². The van der Waals surface area contributed by atoms with Gasteiger partial charge in [-0.25, -0.2) is 9.37 Å². The lowest BCUT2D eigenvalue weighted by Gasteiger charge is -2.24. The lowest BCUT2D eigenvalue weighted by molar-refractivity contribution is -0.126. The van der Waals surface area contributed by atoms with Crippen LogP contribution >= 0.6 is 11.3 Å². The molecule has 0 radical (unpaired) electrons. The Morgan fingerprint density at radius 1 is 1.50 bits per heavy atom. The van der Waals surface area contributed by atoms with Gasteiger partial charge >= 0.3 is 0 Å². The molecule has 24 heavy (non-hydrogen) atoms. The minimum atomic E-state index is -0.701. The molecular formula is C16H13FN4O2S. The molecule has 1 unspecified atom stereocenters. The molecule has 0 spiro atoms. The number of carbonyl (C=O) groups excluding carboxylic acids is 2. The standard InChI is InChI=1S/C16H13FN4O2S/c17-9-1-2-13-11(5-9)12(6-14(22)20-13)15(23)18-7-10-8-21-3-4-24-16(21)19-10/h1-5,8,12H,6-7H2,(H,18,23)(H,20,22). The Morgan fingerprint density at radius 3 is 3.21 bits per heavy atom. The number of thiazole rings is 1. The Hall–Kier alpha value is -2.74. The van der Waals surface area contributed by atoms with Gasteiger partial charge in [-0.1, -0.05) is 0 Å². The lowest BCUT2D eigenvalue weighted by atomic mass is 9.89. The molecule has 0 fully saturated rings. The average molecular weight is 344 g/mol. The summed E-state index contributed by atoms with van der Waals surface area (Å²) in [5, 5.41) is 7.38. The SMILES string of the molecule is O=C1CC(C(=O)NCc2cn3ccsc3n2)c2cc(F)ccc2N1. The number of amides is 2. The molecule has 122 valence electrons. The van der Waals surface area contributed by atoms with E-state index in [1.165, 1.54) is 29.5 Å². The van der Waals surface area contributed by atoms with Crippen LogP contribution in [0.2, 0.25) is 0 Å². The summed E-state index contributed by atoms with van der Waals surface area (Å²) in [6.45, 7) is 0.260. The maximum atomic E-state index is 13.5. The minimum absolute atomic E-state index is 0.000562. The number of nitrogens with zero attached hydrogens (tertiary/aromatic N) is 2. The highest BCUT2D eigenvalue weighted by Gasteiger charge is 2.31. The number of anilines is 1. The van der Waals surface area contributed by atoms with Crippen LogP contribution in [0.3, 0.4) is 0 Å². The van der Waals surface area contributed by atoms with Crippen molar-refractivity contribution < 1.29 is 14.0 Å². The van der Waals surface area contributed by atoms with Gasteiger partial charge in [-0.05, 0) is 23.8 Å². The molecule has 8 heteroatoms. The Labute approximate surface area is 140 Å². The van der Waals surface area contributed by atoms with Crippen molar-refractivity contribution >= 4 is 33.8 Å². The molecule has 0 bridgehead atoms. The van der Waals surface area contributed by atoms with Gasteiger partial charge in [0.25, 0.3) is 0 Å². The summed E-state index contributed by atoms with van der Waals surface area (Å²) in [5.74, 6) is -1.70. The van der Waals surface area contributed by atoms with Crippen LogP contribution in [0, 0.1) is 5.82 Å². The molecule has 4 rings (SSSR count). The lowest BCUT2D eigenvalue weighted by Crippen LogP contribution is -2.34. The molecule has 6 nitrogen and oxygen atoms in total. The fourth-order valence-electron chi connectivity index (χ4n) is 2.83. The zero-order valence-corrected chi connectivity index (χ0v) is 13.3. The Bertz CT molecular complexity index is 920. The van der Waals surface area contributed by atoms with Crippen LogP contribution in [0.1, 0.15) is 23.6 Å². The maximum Gasteiger partial charge on any atom is 0.228 e. The van der Waals surface area contributed by atoms with E-state index in [9.17, 15) is 14.0 Å². The van der Waals surface area contributed by atoms with Crippen molar-refractivity contribution in [1.82, 2.24) is 14.7 Å². The first-order valence-electron chi connectivity index (χ1n) is 7.38. The van der Waals surface area contributed by atoms with Gasteiger partial charge in [0, 0.05) is 29.9 Å². The molecular weight excluding hydrogens is 331 g/mol. The molecule has 2 N–H and O–H groups in total. The molecule has 0 aliphatic carbocycles. The van der Waals surface area contributed by atoms with E-state index in [0.717, 1.165) is 10.7 Å².